The highest BCUT2D eigenvalue weighted by atomic mass is 127. The summed E-state index contributed by atoms with van der Waals surface area (Å²) in [4.78, 5) is 10.3. The maximum atomic E-state index is 4.69. The molecule has 2 aromatic rings. The quantitative estimate of drug-likeness (QED) is 0.356. The lowest BCUT2D eigenvalue weighted by Crippen LogP contribution is -2.43. The van der Waals surface area contributed by atoms with Crippen LogP contribution in [0.3, 0.4) is 0 Å². The molecule has 2 N–H and O–H groups in total. The van der Waals surface area contributed by atoms with E-state index in [0.717, 1.165) is 42.6 Å². The maximum Gasteiger partial charge on any atom is 0.191 e. The summed E-state index contributed by atoms with van der Waals surface area (Å²) < 4.78 is 1.95. The highest BCUT2D eigenvalue weighted by Gasteiger charge is 2.14. The van der Waals surface area contributed by atoms with Gasteiger partial charge in [-0.15, -0.1) is 35.3 Å². The lowest BCUT2D eigenvalue weighted by Gasteiger charge is -2.18. The number of aliphatic imine (C=N–C) groups is 1. The summed E-state index contributed by atoms with van der Waals surface area (Å²) in [5.74, 6) is 0.863. The Morgan fingerprint density at radius 1 is 1.35 bits per heavy atom. The zero-order chi connectivity index (χ0) is 18.4. The van der Waals surface area contributed by atoms with Crippen molar-refractivity contribution < 1.29 is 0 Å². The molecule has 146 valence electrons. The molecule has 2 heterocycles. The Kier molecular flexibility index (Phi) is 9.56. The van der Waals surface area contributed by atoms with Crippen molar-refractivity contribution in [2.24, 2.45) is 12.0 Å². The molecule has 0 spiro atoms. The molecule has 1 atom stereocenters. The standard InChI is InChI=1S/C18H30N6S.HI/c1-7-19-18(20-9-8-17-21-11-13(3)25-17)22-12(2)10-16-14(4)23-24(6)15(16)5;/h11-12H,7-10H2,1-6H3,(H2,19,20,22);1H. The predicted molar refractivity (Wildman–Crippen MR) is 121 cm³/mol. The van der Waals surface area contributed by atoms with Crippen LogP contribution in [-0.2, 0) is 19.9 Å². The lowest BCUT2D eigenvalue weighted by atomic mass is 10.1. The Hall–Kier alpha value is -1.16. The van der Waals surface area contributed by atoms with Crippen molar-refractivity contribution in [3.05, 3.63) is 33.0 Å². The molecule has 0 aliphatic rings. The highest BCUT2D eigenvalue weighted by Crippen LogP contribution is 2.14. The van der Waals surface area contributed by atoms with E-state index < -0.39 is 0 Å². The average molecular weight is 490 g/mol. The van der Waals surface area contributed by atoms with E-state index in [1.54, 1.807) is 11.3 Å². The first-order valence-corrected chi connectivity index (χ1v) is 9.67. The van der Waals surface area contributed by atoms with Crippen molar-refractivity contribution in [1.82, 2.24) is 25.4 Å². The van der Waals surface area contributed by atoms with Gasteiger partial charge in [-0.25, -0.2) is 4.98 Å². The van der Waals surface area contributed by atoms with Gasteiger partial charge in [0, 0.05) is 49.4 Å². The number of thiazole rings is 1. The maximum absolute atomic E-state index is 4.69. The third-order valence-electron chi connectivity index (χ3n) is 4.16. The Morgan fingerprint density at radius 3 is 2.62 bits per heavy atom. The molecule has 0 radical (unpaired) electrons. The predicted octanol–water partition coefficient (Wildman–Crippen LogP) is 3.15. The van der Waals surface area contributed by atoms with Crippen molar-refractivity contribution in [3.63, 3.8) is 0 Å². The zero-order valence-corrected chi connectivity index (χ0v) is 19.7. The summed E-state index contributed by atoms with van der Waals surface area (Å²) in [7, 11) is 2.00. The monoisotopic (exact) mass is 490 g/mol. The summed E-state index contributed by atoms with van der Waals surface area (Å²) in [6, 6.07) is 0.279. The number of nitrogens with one attached hydrogen (secondary N) is 2. The minimum absolute atomic E-state index is 0. The van der Waals surface area contributed by atoms with Gasteiger partial charge in [-0.2, -0.15) is 5.10 Å². The summed E-state index contributed by atoms with van der Waals surface area (Å²) in [5.41, 5.74) is 3.65. The van der Waals surface area contributed by atoms with E-state index in [4.69, 9.17) is 0 Å². The number of aromatic nitrogens is 3. The van der Waals surface area contributed by atoms with Crippen LogP contribution in [0.2, 0.25) is 0 Å². The van der Waals surface area contributed by atoms with Gasteiger partial charge in [0.25, 0.3) is 0 Å². The second-order valence-corrected chi connectivity index (χ2v) is 7.72. The van der Waals surface area contributed by atoms with Crippen molar-refractivity contribution in [1.29, 1.82) is 0 Å². The van der Waals surface area contributed by atoms with Gasteiger partial charge in [-0.3, -0.25) is 9.67 Å². The Labute approximate surface area is 177 Å². The van der Waals surface area contributed by atoms with E-state index in [1.165, 1.54) is 16.1 Å². The van der Waals surface area contributed by atoms with Gasteiger partial charge in [-0.05, 0) is 46.6 Å². The van der Waals surface area contributed by atoms with Gasteiger partial charge in [0.15, 0.2) is 5.96 Å². The van der Waals surface area contributed by atoms with Crippen LogP contribution in [0.1, 0.15) is 40.7 Å². The van der Waals surface area contributed by atoms with Gasteiger partial charge in [0.1, 0.15) is 0 Å². The molecule has 0 saturated heterocycles. The highest BCUT2D eigenvalue weighted by molar-refractivity contribution is 14.0. The van der Waals surface area contributed by atoms with Crippen molar-refractivity contribution in [2.75, 3.05) is 13.1 Å². The summed E-state index contributed by atoms with van der Waals surface area (Å²) in [5, 5.41) is 12.5. The van der Waals surface area contributed by atoms with Crippen LogP contribution in [0.15, 0.2) is 11.2 Å². The van der Waals surface area contributed by atoms with Crippen LogP contribution in [0, 0.1) is 20.8 Å². The first kappa shape index (κ1) is 22.9. The van der Waals surface area contributed by atoms with Crippen LogP contribution in [-0.4, -0.2) is 39.9 Å². The average Bonchev–Trinajstić information content (AvgIpc) is 3.06. The third-order valence-corrected chi connectivity index (χ3v) is 5.13. The zero-order valence-electron chi connectivity index (χ0n) is 16.6. The Bertz CT molecular complexity index is 721. The molecule has 6 nitrogen and oxygen atoms in total. The normalized spacial score (nSPS) is 12.6. The molecule has 0 aliphatic carbocycles. The first-order chi connectivity index (χ1) is 11.9. The van der Waals surface area contributed by atoms with Crippen molar-refractivity contribution in [2.45, 2.75) is 53.5 Å². The molecule has 0 aliphatic heterocycles. The fourth-order valence-electron chi connectivity index (χ4n) is 2.80. The number of guanidine groups is 1. The minimum atomic E-state index is 0. The molecule has 0 fully saturated rings. The first-order valence-electron chi connectivity index (χ1n) is 8.86. The topological polar surface area (TPSA) is 67.1 Å². The van der Waals surface area contributed by atoms with Crippen molar-refractivity contribution in [3.8, 4) is 0 Å². The van der Waals surface area contributed by atoms with Crippen LogP contribution in [0.5, 0.6) is 0 Å². The SMILES string of the molecule is CCNC(=NCCc1ncc(C)s1)NC(C)Cc1c(C)nn(C)c1C.I. The van der Waals surface area contributed by atoms with Gasteiger partial charge < -0.3 is 10.6 Å². The molecule has 0 aromatic carbocycles. The third kappa shape index (κ3) is 6.53. The second-order valence-electron chi connectivity index (χ2n) is 6.40. The number of nitrogens with zero attached hydrogens (tertiary/aromatic N) is 4. The van der Waals surface area contributed by atoms with E-state index in [1.807, 2.05) is 17.9 Å². The lowest BCUT2D eigenvalue weighted by molar-refractivity contribution is 0.635. The van der Waals surface area contributed by atoms with Gasteiger partial charge >= 0.3 is 0 Å². The fraction of sp³-hybridized carbons (Fsp3) is 0.611. The Balaban J connectivity index is 0.00000338. The summed E-state index contributed by atoms with van der Waals surface area (Å²) in [6.45, 7) is 12.1. The van der Waals surface area contributed by atoms with E-state index >= 15 is 0 Å². The minimum Gasteiger partial charge on any atom is -0.357 e. The van der Waals surface area contributed by atoms with Crippen LogP contribution >= 0.6 is 35.3 Å². The number of rotatable bonds is 7. The van der Waals surface area contributed by atoms with Gasteiger partial charge in [0.2, 0.25) is 0 Å². The van der Waals surface area contributed by atoms with Crippen molar-refractivity contribution >= 4 is 41.3 Å². The molecule has 2 rings (SSSR count). The summed E-state index contributed by atoms with van der Waals surface area (Å²) in [6.07, 6.45) is 3.74. The second kappa shape index (κ2) is 10.9. The van der Waals surface area contributed by atoms with E-state index in [-0.39, 0.29) is 30.0 Å². The molecule has 0 saturated carbocycles. The number of hydrogen-bond acceptors (Lipinski definition) is 4. The molecule has 2 aromatic heterocycles. The number of halogens is 1. The van der Waals surface area contributed by atoms with E-state index in [0.29, 0.717) is 0 Å². The van der Waals surface area contributed by atoms with Crippen LogP contribution < -0.4 is 10.6 Å². The molecule has 0 amide bonds. The smallest absolute Gasteiger partial charge is 0.191 e. The van der Waals surface area contributed by atoms with Crippen LogP contribution in [0.4, 0.5) is 0 Å². The number of aryl methyl sites for hydroxylation is 3. The molecular weight excluding hydrogens is 459 g/mol. The Morgan fingerprint density at radius 2 is 2.08 bits per heavy atom. The molecule has 26 heavy (non-hydrogen) atoms. The molecule has 0 bridgehead atoms. The van der Waals surface area contributed by atoms with E-state index in [2.05, 4.69) is 60.3 Å². The fourth-order valence-corrected chi connectivity index (χ4v) is 3.58. The number of hydrogen-bond donors (Lipinski definition) is 2. The molecular formula is C18H31IN6S. The largest absolute Gasteiger partial charge is 0.357 e. The van der Waals surface area contributed by atoms with Crippen LogP contribution in [0.25, 0.3) is 0 Å². The van der Waals surface area contributed by atoms with Gasteiger partial charge in [-0.1, -0.05) is 0 Å². The van der Waals surface area contributed by atoms with E-state index in [9.17, 15) is 0 Å². The molecule has 8 heteroatoms. The van der Waals surface area contributed by atoms with Gasteiger partial charge in [0.05, 0.1) is 10.7 Å². The molecule has 1 unspecified atom stereocenters. The summed E-state index contributed by atoms with van der Waals surface area (Å²) >= 11 is 1.74.